The Balaban J connectivity index is 1.64. The van der Waals surface area contributed by atoms with Crippen molar-refractivity contribution < 1.29 is 14.2 Å². The van der Waals surface area contributed by atoms with Gasteiger partial charge in [-0.2, -0.15) is 0 Å². The molecule has 2 heterocycles. The number of amides is 1. The molecule has 4 aromatic rings. The quantitative estimate of drug-likeness (QED) is 0.352. The second-order valence-corrected chi connectivity index (χ2v) is 8.68. The summed E-state index contributed by atoms with van der Waals surface area (Å²) in [6, 6.07) is 24.9. The molecule has 0 radical (unpaired) electrons. The molecule has 0 saturated heterocycles. The van der Waals surface area contributed by atoms with Crippen molar-refractivity contribution in [1.82, 2.24) is 10.1 Å². The Morgan fingerprint density at radius 2 is 1.85 bits per heavy atom. The van der Waals surface area contributed by atoms with E-state index in [4.69, 9.17) is 9.84 Å². The van der Waals surface area contributed by atoms with E-state index in [1.54, 1.807) is 9.58 Å². The molecule has 0 bridgehead atoms. The lowest BCUT2D eigenvalue weighted by atomic mass is 10.0. The summed E-state index contributed by atoms with van der Waals surface area (Å²) in [6.45, 7) is 1.94. The number of hydrogen-bond donors (Lipinski definition) is 1. The topological polar surface area (TPSA) is 79.2 Å². The number of rotatable bonds is 5. The van der Waals surface area contributed by atoms with Crippen LogP contribution in [0.5, 0.6) is 5.75 Å². The van der Waals surface area contributed by atoms with Crippen LogP contribution in [0.1, 0.15) is 24.2 Å². The fourth-order valence-corrected chi connectivity index (χ4v) is 4.58. The van der Waals surface area contributed by atoms with E-state index in [1.165, 1.54) is 18.7 Å². The van der Waals surface area contributed by atoms with Crippen molar-refractivity contribution in [2.45, 2.75) is 24.9 Å². The van der Waals surface area contributed by atoms with Crippen molar-refractivity contribution in [2.75, 3.05) is 11.2 Å². The molecule has 1 N–H and O–H groups in total. The first-order chi connectivity index (χ1) is 16.6. The van der Waals surface area contributed by atoms with Gasteiger partial charge in [0, 0.05) is 17.6 Å². The molecule has 1 amide bonds. The Kier molecular flexibility index (Phi) is 5.90. The highest BCUT2D eigenvalue weighted by Crippen LogP contribution is 2.37. The van der Waals surface area contributed by atoms with Gasteiger partial charge in [-0.15, -0.1) is 0 Å². The number of nitrogens with zero attached hydrogens (tertiary/aromatic N) is 3. The summed E-state index contributed by atoms with van der Waals surface area (Å²) >= 11 is 1.34. The third-order valence-electron chi connectivity index (χ3n) is 5.70. The average molecular weight is 472 g/mol. The number of ether oxygens (including phenoxy) is 1. The van der Waals surface area contributed by atoms with E-state index in [0.29, 0.717) is 34.5 Å². The van der Waals surface area contributed by atoms with Gasteiger partial charge in [-0.3, -0.25) is 14.6 Å². The van der Waals surface area contributed by atoms with Crippen molar-refractivity contribution in [3.8, 4) is 17.0 Å². The zero-order valence-electron chi connectivity index (χ0n) is 18.8. The molecular weight excluding hydrogens is 448 g/mol. The minimum absolute atomic E-state index is 0.154. The van der Waals surface area contributed by atoms with E-state index in [1.807, 2.05) is 85.1 Å². The van der Waals surface area contributed by atoms with Gasteiger partial charge in [0.25, 0.3) is 6.17 Å². The number of hydrogen-bond acceptors (Lipinski definition) is 5. The van der Waals surface area contributed by atoms with Crippen LogP contribution < -0.4 is 19.9 Å². The number of nitrogens with one attached hydrogen (secondary N) is 1. The van der Waals surface area contributed by atoms with Crippen LogP contribution in [0.25, 0.3) is 11.3 Å². The molecule has 5 rings (SSSR count). The lowest BCUT2D eigenvalue weighted by molar-refractivity contribution is -0.763. The van der Waals surface area contributed by atoms with Gasteiger partial charge in [-0.05, 0) is 46.8 Å². The molecule has 170 valence electrons. The third kappa shape index (κ3) is 3.97. The lowest BCUT2D eigenvalue weighted by Gasteiger charge is -2.31. The minimum Gasteiger partial charge on any atom is -0.489 e. The summed E-state index contributed by atoms with van der Waals surface area (Å²) in [5.74, 6) is 0.514. The first-order valence-corrected chi connectivity index (χ1v) is 12.1. The van der Waals surface area contributed by atoms with Gasteiger partial charge in [0.05, 0.1) is 11.3 Å². The second-order valence-electron chi connectivity index (χ2n) is 7.88. The second kappa shape index (κ2) is 9.15. The number of aromatic nitrogens is 3. The number of benzene rings is 3. The lowest BCUT2D eigenvalue weighted by Crippen LogP contribution is -2.60. The van der Waals surface area contributed by atoms with Gasteiger partial charge >= 0.3 is 11.3 Å². The molecule has 3 aromatic carbocycles. The van der Waals surface area contributed by atoms with Gasteiger partial charge in [0.15, 0.2) is 0 Å². The Morgan fingerprint density at radius 3 is 2.62 bits per heavy atom. The van der Waals surface area contributed by atoms with Gasteiger partial charge in [0.1, 0.15) is 12.4 Å². The molecule has 0 fully saturated rings. The van der Waals surface area contributed by atoms with Crippen molar-refractivity contribution >= 4 is 23.4 Å². The van der Waals surface area contributed by atoms with Crippen LogP contribution in [-0.4, -0.2) is 22.2 Å². The third-order valence-corrected chi connectivity index (χ3v) is 6.27. The summed E-state index contributed by atoms with van der Waals surface area (Å²) < 4.78 is 7.68. The van der Waals surface area contributed by atoms with Crippen LogP contribution >= 0.6 is 11.8 Å². The monoisotopic (exact) mass is 471 g/mol. The Morgan fingerprint density at radius 1 is 1.09 bits per heavy atom. The van der Waals surface area contributed by atoms with Gasteiger partial charge in [-0.1, -0.05) is 60.3 Å². The minimum atomic E-state index is -0.643. The van der Waals surface area contributed by atoms with Crippen LogP contribution in [-0.2, 0) is 11.4 Å². The van der Waals surface area contributed by atoms with Crippen LogP contribution in [0.15, 0.2) is 88.8 Å². The zero-order chi connectivity index (χ0) is 23.7. The standard InChI is InChI=1S/C26H22N4O3S/c1-17(31)29-22-14-7-6-13-21(22)23-24(32)27-26(34-2)28-30(23)25(29)19-11-8-12-20(15-19)33-16-18-9-4-3-5-10-18/h3-15,25H,16H2,1-2H3/p+1/t25-/m1/s1. The van der Waals surface area contributed by atoms with E-state index >= 15 is 0 Å². The fourth-order valence-electron chi connectivity index (χ4n) is 4.21. The normalized spacial score (nSPS) is 14.3. The SMILES string of the molecule is CSc1n[n+]2c(c(=O)[nH]1)-c1ccccc1N(C(C)=O)[C@H]2c1cccc(OCc2ccccc2)c1. The Hall–Kier alpha value is -3.91. The number of carbonyl (C=O) groups excluding carboxylic acids is 1. The molecule has 8 heteroatoms. The number of thioether (sulfide) groups is 1. The number of carbonyl (C=O) groups is 1. The maximum absolute atomic E-state index is 13.1. The van der Waals surface area contributed by atoms with Crippen molar-refractivity contribution in [1.29, 1.82) is 0 Å². The Labute approximate surface area is 201 Å². The first-order valence-electron chi connectivity index (χ1n) is 10.8. The fraction of sp³-hybridized carbons (Fsp3) is 0.154. The summed E-state index contributed by atoms with van der Waals surface area (Å²) in [5.41, 5.74) is 3.32. The number of anilines is 1. The summed E-state index contributed by atoms with van der Waals surface area (Å²) in [4.78, 5) is 30.6. The number of fused-ring (bicyclic) bond motifs is 3. The van der Waals surface area contributed by atoms with Gasteiger partial charge in [0.2, 0.25) is 11.1 Å². The highest BCUT2D eigenvalue weighted by Gasteiger charge is 2.44. The van der Waals surface area contributed by atoms with Crippen LogP contribution in [0, 0.1) is 0 Å². The summed E-state index contributed by atoms with van der Waals surface area (Å²) in [6.07, 6.45) is 1.20. The average Bonchev–Trinajstić information content (AvgIpc) is 2.87. The smallest absolute Gasteiger partial charge is 0.325 e. The molecule has 0 saturated carbocycles. The summed E-state index contributed by atoms with van der Waals surface area (Å²) in [7, 11) is 0. The first kappa shape index (κ1) is 21.9. The predicted molar refractivity (Wildman–Crippen MR) is 131 cm³/mol. The van der Waals surface area contributed by atoms with Crippen LogP contribution in [0.3, 0.4) is 0 Å². The molecule has 1 aliphatic rings. The highest BCUT2D eigenvalue weighted by atomic mass is 32.2. The maximum atomic E-state index is 13.1. The molecule has 0 unspecified atom stereocenters. The largest absolute Gasteiger partial charge is 0.489 e. The van der Waals surface area contributed by atoms with Crippen LogP contribution in [0.4, 0.5) is 5.69 Å². The maximum Gasteiger partial charge on any atom is 0.325 e. The van der Waals surface area contributed by atoms with E-state index < -0.39 is 6.17 Å². The van der Waals surface area contributed by atoms with Crippen molar-refractivity contribution in [3.05, 3.63) is 100 Å². The highest BCUT2D eigenvalue weighted by molar-refractivity contribution is 7.98. The molecule has 1 atom stereocenters. The molecular formula is C26H23N4O3S+. The van der Waals surface area contributed by atoms with Crippen LogP contribution in [0.2, 0.25) is 0 Å². The van der Waals surface area contributed by atoms with E-state index in [2.05, 4.69) is 4.98 Å². The van der Waals surface area contributed by atoms with Crippen molar-refractivity contribution in [2.24, 2.45) is 0 Å². The molecule has 0 aliphatic carbocycles. The molecule has 0 spiro atoms. The predicted octanol–water partition coefficient (Wildman–Crippen LogP) is 3.94. The summed E-state index contributed by atoms with van der Waals surface area (Å²) in [5, 5.41) is 5.17. The van der Waals surface area contributed by atoms with Gasteiger partial charge < -0.3 is 4.74 Å². The number of para-hydroxylation sites is 1. The number of H-pyrrole nitrogens is 1. The zero-order valence-corrected chi connectivity index (χ0v) is 19.6. The molecule has 1 aromatic heterocycles. The molecule has 1 aliphatic heterocycles. The van der Waals surface area contributed by atoms with E-state index in [0.717, 1.165) is 11.1 Å². The Bertz CT molecular complexity index is 1420. The van der Waals surface area contributed by atoms with E-state index in [-0.39, 0.29) is 11.5 Å². The van der Waals surface area contributed by atoms with Gasteiger partial charge in [-0.25, -0.2) is 4.90 Å². The van der Waals surface area contributed by atoms with Crippen molar-refractivity contribution in [3.63, 3.8) is 0 Å². The molecule has 34 heavy (non-hydrogen) atoms. The number of aromatic amines is 1. The van der Waals surface area contributed by atoms with E-state index in [9.17, 15) is 9.59 Å². The molecule has 7 nitrogen and oxygen atoms in total.